The maximum atomic E-state index is 13.4. The van der Waals surface area contributed by atoms with Crippen LogP contribution in [0.5, 0.6) is 0 Å². The van der Waals surface area contributed by atoms with Gasteiger partial charge in [0.25, 0.3) is 5.91 Å². The summed E-state index contributed by atoms with van der Waals surface area (Å²) in [5.74, 6) is -0.400. The van der Waals surface area contributed by atoms with Gasteiger partial charge in [-0.1, -0.05) is 23.7 Å². The zero-order chi connectivity index (χ0) is 21.5. The van der Waals surface area contributed by atoms with Gasteiger partial charge in [-0.15, -0.1) is 0 Å². The van der Waals surface area contributed by atoms with Gasteiger partial charge in [0, 0.05) is 18.8 Å². The summed E-state index contributed by atoms with van der Waals surface area (Å²) < 4.78 is 20.8. The Bertz CT molecular complexity index is 1130. The van der Waals surface area contributed by atoms with Crippen molar-refractivity contribution in [3.63, 3.8) is 0 Å². The van der Waals surface area contributed by atoms with Gasteiger partial charge in [-0.05, 0) is 56.2 Å². The Hall–Kier alpha value is -2.90. The number of carbonyl (C=O) groups is 1. The van der Waals surface area contributed by atoms with E-state index >= 15 is 0 Å². The lowest BCUT2D eigenvalue weighted by molar-refractivity contribution is 0.0426. The van der Waals surface area contributed by atoms with Crippen LogP contribution in [0, 0.1) is 12.7 Å². The topological polar surface area (TPSA) is 59.4 Å². The molecule has 1 saturated heterocycles. The minimum absolute atomic E-state index is 0.00950. The Morgan fingerprint density at radius 3 is 2.74 bits per heavy atom. The molecular weight excluding hydrogens is 419 g/mol. The van der Waals surface area contributed by atoms with Crippen molar-refractivity contribution in [3.05, 3.63) is 76.3 Å². The van der Waals surface area contributed by atoms with E-state index in [1.165, 1.54) is 12.1 Å². The minimum atomic E-state index is -0.492. The number of amides is 1. The summed E-state index contributed by atoms with van der Waals surface area (Å²) >= 11 is 6.79. The van der Waals surface area contributed by atoms with E-state index in [0.29, 0.717) is 40.8 Å². The van der Waals surface area contributed by atoms with Crippen LogP contribution in [-0.2, 0) is 4.74 Å². The van der Waals surface area contributed by atoms with E-state index in [4.69, 9.17) is 16.3 Å². The van der Waals surface area contributed by atoms with E-state index in [1.54, 1.807) is 21.7 Å². The van der Waals surface area contributed by atoms with Crippen LogP contribution in [0.2, 0.25) is 5.15 Å². The van der Waals surface area contributed by atoms with E-state index < -0.39 is 6.17 Å². The van der Waals surface area contributed by atoms with Crippen LogP contribution in [-0.4, -0.2) is 39.8 Å². The van der Waals surface area contributed by atoms with Crippen LogP contribution in [0.15, 0.2) is 48.5 Å². The summed E-state index contributed by atoms with van der Waals surface area (Å²) in [7, 11) is 0. The number of carbonyl (C=O) groups excluding carboxylic acids is 1. The van der Waals surface area contributed by atoms with Crippen molar-refractivity contribution in [2.45, 2.75) is 32.0 Å². The first kappa shape index (κ1) is 20.0. The van der Waals surface area contributed by atoms with Gasteiger partial charge < -0.3 is 15.0 Å². The van der Waals surface area contributed by atoms with Gasteiger partial charge in [0.15, 0.2) is 0 Å². The van der Waals surface area contributed by atoms with E-state index in [0.717, 1.165) is 18.5 Å². The normalized spacial score (nSPS) is 20.6. The molecule has 6 nitrogen and oxygen atoms in total. The highest BCUT2D eigenvalue weighted by atomic mass is 35.5. The largest absolute Gasteiger partial charge is 0.376 e. The van der Waals surface area contributed by atoms with Crippen molar-refractivity contribution >= 4 is 23.2 Å². The summed E-state index contributed by atoms with van der Waals surface area (Å²) in [5.41, 5.74) is 3.43. The zero-order valence-corrected chi connectivity index (χ0v) is 17.8. The molecule has 0 bridgehead atoms. The van der Waals surface area contributed by atoms with Crippen LogP contribution in [0.1, 0.15) is 40.6 Å². The van der Waals surface area contributed by atoms with Crippen LogP contribution >= 0.6 is 11.6 Å². The highest BCUT2D eigenvalue weighted by Crippen LogP contribution is 2.38. The number of para-hydroxylation sites is 1. The molecular formula is C23H22ClFN4O2. The maximum absolute atomic E-state index is 13.4. The summed E-state index contributed by atoms with van der Waals surface area (Å²) in [5, 5.41) is 8.44. The Morgan fingerprint density at radius 2 is 2.00 bits per heavy atom. The van der Waals surface area contributed by atoms with Gasteiger partial charge in [-0.25, -0.2) is 9.07 Å². The van der Waals surface area contributed by atoms with E-state index in [-0.39, 0.29) is 17.8 Å². The molecule has 0 spiro atoms. The Labute approximate surface area is 184 Å². The van der Waals surface area contributed by atoms with E-state index in [1.807, 2.05) is 31.2 Å². The van der Waals surface area contributed by atoms with E-state index in [2.05, 4.69) is 10.4 Å². The first-order chi connectivity index (χ1) is 15.0. The van der Waals surface area contributed by atoms with Gasteiger partial charge in [-0.3, -0.25) is 4.79 Å². The fraction of sp³-hybridized carbons (Fsp3) is 0.304. The molecule has 1 amide bonds. The average molecular weight is 441 g/mol. The molecule has 0 radical (unpaired) electrons. The lowest BCUT2D eigenvalue weighted by Gasteiger charge is -2.39. The third-order valence-electron chi connectivity index (χ3n) is 5.84. The number of nitrogens with one attached hydrogen (secondary N) is 1. The van der Waals surface area contributed by atoms with Gasteiger partial charge in [0.1, 0.15) is 17.1 Å². The van der Waals surface area contributed by atoms with Crippen LogP contribution in [0.4, 0.5) is 10.1 Å². The van der Waals surface area contributed by atoms with Crippen LogP contribution < -0.4 is 5.32 Å². The number of nitrogens with zero attached hydrogens (tertiary/aromatic N) is 3. The molecule has 8 heteroatoms. The van der Waals surface area contributed by atoms with Crippen LogP contribution in [0.25, 0.3) is 5.69 Å². The molecule has 3 aromatic rings. The molecule has 0 aliphatic carbocycles. The summed E-state index contributed by atoms with van der Waals surface area (Å²) in [6.07, 6.45) is 1.40. The van der Waals surface area contributed by atoms with Gasteiger partial charge >= 0.3 is 0 Å². The average Bonchev–Trinajstić information content (AvgIpc) is 3.38. The SMILES string of the molecule is Cc1nn(-c2ccc(F)cc2)c(Cl)c1[C@H]1Nc2ccccc2C(=O)N1C[C@@H]1CCCO1. The number of hydrogen-bond donors (Lipinski definition) is 1. The lowest BCUT2D eigenvalue weighted by Crippen LogP contribution is -2.46. The molecule has 1 aromatic heterocycles. The quantitative estimate of drug-likeness (QED) is 0.637. The number of halogens is 2. The molecule has 1 N–H and O–H groups in total. The number of fused-ring (bicyclic) bond motifs is 1. The second-order valence-electron chi connectivity index (χ2n) is 7.86. The van der Waals surface area contributed by atoms with E-state index in [9.17, 15) is 9.18 Å². The molecule has 0 unspecified atom stereocenters. The lowest BCUT2D eigenvalue weighted by atomic mass is 10.0. The molecule has 2 aliphatic heterocycles. The van der Waals surface area contributed by atoms with Crippen molar-refractivity contribution in [3.8, 4) is 5.69 Å². The summed E-state index contributed by atoms with van der Waals surface area (Å²) in [6.45, 7) is 3.03. The maximum Gasteiger partial charge on any atom is 0.257 e. The van der Waals surface area contributed by atoms with Crippen molar-refractivity contribution in [1.82, 2.24) is 14.7 Å². The van der Waals surface area contributed by atoms with Gasteiger partial charge in [-0.2, -0.15) is 5.10 Å². The molecule has 5 rings (SSSR count). The molecule has 160 valence electrons. The fourth-order valence-corrected chi connectivity index (χ4v) is 4.67. The molecule has 2 atom stereocenters. The first-order valence-corrected chi connectivity index (χ1v) is 10.7. The zero-order valence-electron chi connectivity index (χ0n) is 17.0. The molecule has 1 fully saturated rings. The second-order valence-corrected chi connectivity index (χ2v) is 8.22. The Morgan fingerprint density at radius 1 is 1.23 bits per heavy atom. The standard InChI is InChI=1S/C23H22ClFN4O2/c1-14-20(21(24)29(27-14)16-10-8-15(25)9-11-16)22-26-19-7-3-2-6-18(19)23(30)28(22)13-17-5-4-12-31-17/h2-3,6-11,17,22,26H,4-5,12-13H2,1H3/t17-,22-/m0/s1. The molecule has 31 heavy (non-hydrogen) atoms. The molecule has 2 aromatic carbocycles. The number of anilines is 1. The number of aryl methyl sites for hydroxylation is 1. The number of benzene rings is 2. The third kappa shape index (κ3) is 3.58. The first-order valence-electron chi connectivity index (χ1n) is 10.3. The Kier molecular flexibility index (Phi) is 5.16. The highest BCUT2D eigenvalue weighted by molar-refractivity contribution is 6.30. The number of ether oxygens (including phenoxy) is 1. The minimum Gasteiger partial charge on any atom is -0.376 e. The van der Waals surface area contributed by atoms with Gasteiger partial charge in [0.2, 0.25) is 0 Å². The van der Waals surface area contributed by atoms with Crippen molar-refractivity contribution < 1.29 is 13.9 Å². The van der Waals surface area contributed by atoms with Crippen molar-refractivity contribution in [1.29, 1.82) is 0 Å². The van der Waals surface area contributed by atoms with Gasteiger partial charge in [0.05, 0.1) is 28.6 Å². The number of aromatic nitrogens is 2. The molecule has 0 saturated carbocycles. The number of hydrogen-bond acceptors (Lipinski definition) is 4. The fourth-order valence-electron chi connectivity index (χ4n) is 4.29. The summed E-state index contributed by atoms with van der Waals surface area (Å²) in [6, 6.07) is 13.4. The summed E-state index contributed by atoms with van der Waals surface area (Å²) in [4.78, 5) is 15.2. The predicted molar refractivity (Wildman–Crippen MR) is 116 cm³/mol. The smallest absolute Gasteiger partial charge is 0.257 e. The third-order valence-corrected chi connectivity index (χ3v) is 6.20. The molecule has 2 aliphatic rings. The van der Waals surface area contributed by atoms with Crippen LogP contribution in [0.3, 0.4) is 0 Å². The number of rotatable bonds is 4. The predicted octanol–water partition coefficient (Wildman–Crippen LogP) is 4.72. The monoisotopic (exact) mass is 440 g/mol. The van der Waals surface area contributed by atoms with Crippen molar-refractivity contribution in [2.24, 2.45) is 0 Å². The highest BCUT2D eigenvalue weighted by Gasteiger charge is 2.38. The van der Waals surface area contributed by atoms with Crippen molar-refractivity contribution in [2.75, 3.05) is 18.5 Å². The molecule has 3 heterocycles. The second kappa shape index (κ2) is 7.98. The Balaban J connectivity index is 1.58.